The van der Waals surface area contributed by atoms with Gasteiger partial charge in [0.05, 0.1) is 0 Å². The van der Waals surface area contributed by atoms with Crippen molar-refractivity contribution >= 4 is 11.6 Å². The molecule has 0 aromatic heterocycles. The fourth-order valence-electron chi connectivity index (χ4n) is 3.83. The van der Waals surface area contributed by atoms with Gasteiger partial charge in [0.1, 0.15) is 0 Å². The van der Waals surface area contributed by atoms with E-state index >= 15 is 0 Å². The Kier molecular flexibility index (Phi) is 5.79. The SMILES string of the molecule is CN=C(CCC(C)C)c1cc(C(=O)N2Cc3ccccc3C2)c(C)cc1C. The first-order chi connectivity index (χ1) is 12.9. The molecule has 142 valence electrons. The van der Waals surface area contributed by atoms with E-state index in [9.17, 15) is 4.79 Å². The molecule has 0 unspecified atom stereocenters. The fourth-order valence-corrected chi connectivity index (χ4v) is 3.83. The van der Waals surface area contributed by atoms with Gasteiger partial charge in [-0.3, -0.25) is 9.79 Å². The highest BCUT2D eigenvalue weighted by molar-refractivity contribution is 6.05. The molecule has 1 heterocycles. The zero-order valence-electron chi connectivity index (χ0n) is 17.2. The second-order valence-corrected chi connectivity index (χ2v) is 8.01. The molecular formula is C24H30N2O. The maximum atomic E-state index is 13.3. The van der Waals surface area contributed by atoms with Gasteiger partial charge in [0, 0.05) is 31.4 Å². The first-order valence-corrected chi connectivity index (χ1v) is 9.84. The van der Waals surface area contributed by atoms with Crippen molar-refractivity contribution in [3.05, 3.63) is 69.8 Å². The zero-order valence-corrected chi connectivity index (χ0v) is 17.2. The molecule has 1 aliphatic heterocycles. The predicted octanol–water partition coefficient (Wildman–Crippen LogP) is 5.31. The van der Waals surface area contributed by atoms with E-state index in [2.05, 4.69) is 50.0 Å². The molecule has 0 spiro atoms. The summed E-state index contributed by atoms with van der Waals surface area (Å²) in [6.45, 7) is 10.00. The van der Waals surface area contributed by atoms with Crippen molar-refractivity contribution in [3.8, 4) is 0 Å². The lowest BCUT2D eigenvalue weighted by Crippen LogP contribution is -2.26. The summed E-state index contributed by atoms with van der Waals surface area (Å²) in [5.41, 5.74) is 7.75. The molecule has 0 fully saturated rings. The average molecular weight is 363 g/mol. The number of rotatable bonds is 5. The number of nitrogens with zero attached hydrogens (tertiary/aromatic N) is 2. The lowest BCUT2D eigenvalue weighted by Gasteiger charge is -2.19. The third-order valence-electron chi connectivity index (χ3n) is 5.47. The summed E-state index contributed by atoms with van der Waals surface area (Å²) in [5.74, 6) is 0.751. The molecule has 2 aromatic rings. The summed E-state index contributed by atoms with van der Waals surface area (Å²) in [6, 6.07) is 12.5. The van der Waals surface area contributed by atoms with Gasteiger partial charge in [0.15, 0.2) is 0 Å². The van der Waals surface area contributed by atoms with Crippen LogP contribution in [0.1, 0.15) is 64.9 Å². The first-order valence-electron chi connectivity index (χ1n) is 9.84. The largest absolute Gasteiger partial charge is 0.330 e. The molecule has 27 heavy (non-hydrogen) atoms. The Morgan fingerprint density at radius 1 is 1.04 bits per heavy atom. The normalized spacial score (nSPS) is 14.0. The third-order valence-corrected chi connectivity index (χ3v) is 5.47. The molecular weight excluding hydrogens is 332 g/mol. The van der Waals surface area contributed by atoms with Crippen LogP contribution in [0.5, 0.6) is 0 Å². The van der Waals surface area contributed by atoms with Crippen LogP contribution in [-0.2, 0) is 13.1 Å². The van der Waals surface area contributed by atoms with Crippen molar-refractivity contribution in [2.45, 2.75) is 53.6 Å². The van der Waals surface area contributed by atoms with Crippen molar-refractivity contribution in [2.24, 2.45) is 10.9 Å². The Bertz CT molecular complexity index is 855. The van der Waals surface area contributed by atoms with Crippen molar-refractivity contribution in [3.63, 3.8) is 0 Å². The molecule has 0 N–H and O–H groups in total. The minimum atomic E-state index is 0.115. The van der Waals surface area contributed by atoms with Gasteiger partial charge in [-0.25, -0.2) is 0 Å². The number of hydrogen-bond acceptors (Lipinski definition) is 2. The Labute approximate surface area is 163 Å². The smallest absolute Gasteiger partial charge is 0.254 e. The zero-order chi connectivity index (χ0) is 19.6. The van der Waals surface area contributed by atoms with Gasteiger partial charge in [-0.1, -0.05) is 44.2 Å². The number of amides is 1. The van der Waals surface area contributed by atoms with Crippen LogP contribution in [0.3, 0.4) is 0 Å². The predicted molar refractivity (Wildman–Crippen MR) is 112 cm³/mol. The highest BCUT2D eigenvalue weighted by atomic mass is 16.2. The van der Waals surface area contributed by atoms with Gasteiger partial charge >= 0.3 is 0 Å². The van der Waals surface area contributed by atoms with Crippen LogP contribution in [0, 0.1) is 19.8 Å². The van der Waals surface area contributed by atoms with Crippen LogP contribution in [0.15, 0.2) is 41.4 Å². The highest BCUT2D eigenvalue weighted by Gasteiger charge is 2.25. The summed E-state index contributed by atoms with van der Waals surface area (Å²) in [7, 11) is 1.85. The van der Waals surface area contributed by atoms with E-state index in [-0.39, 0.29) is 5.91 Å². The van der Waals surface area contributed by atoms with E-state index < -0.39 is 0 Å². The molecule has 1 aliphatic rings. The number of benzene rings is 2. The second-order valence-electron chi connectivity index (χ2n) is 8.01. The maximum Gasteiger partial charge on any atom is 0.254 e. The summed E-state index contributed by atoms with van der Waals surface area (Å²) >= 11 is 0. The Morgan fingerprint density at radius 2 is 1.63 bits per heavy atom. The monoisotopic (exact) mass is 362 g/mol. The van der Waals surface area contributed by atoms with Gasteiger partial charge in [-0.15, -0.1) is 0 Å². The van der Waals surface area contributed by atoms with Gasteiger partial charge in [0.25, 0.3) is 5.91 Å². The van der Waals surface area contributed by atoms with Crippen LogP contribution < -0.4 is 0 Å². The van der Waals surface area contributed by atoms with Crippen molar-refractivity contribution < 1.29 is 4.79 Å². The summed E-state index contributed by atoms with van der Waals surface area (Å²) < 4.78 is 0. The third kappa shape index (κ3) is 4.13. The molecule has 0 atom stereocenters. The van der Waals surface area contributed by atoms with Gasteiger partial charge < -0.3 is 4.90 Å². The topological polar surface area (TPSA) is 32.7 Å². The summed E-state index contributed by atoms with van der Waals surface area (Å²) in [5, 5.41) is 0. The standard InChI is InChI=1S/C24H30N2O/c1-16(2)10-11-23(25-5)21-13-22(18(4)12-17(21)3)24(27)26-14-19-8-6-7-9-20(19)15-26/h6-9,12-13,16H,10-11,14-15H2,1-5H3. The van der Waals surface area contributed by atoms with Crippen LogP contribution in [0.25, 0.3) is 0 Å². The van der Waals surface area contributed by atoms with E-state index in [0.29, 0.717) is 19.0 Å². The molecule has 3 rings (SSSR count). The number of carbonyl (C=O) groups is 1. The van der Waals surface area contributed by atoms with Crippen molar-refractivity contribution in [1.29, 1.82) is 0 Å². The van der Waals surface area contributed by atoms with Gasteiger partial charge in [0.2, 0.25) is 0 Å². The van der Waals surface area contributed by atoms with Gasteiger partial charge in [-0.2, -0.15) is 0 Å². The average Bonchev–Trinajstić information content (AvgIpc) is 3.07. The van der Waals surface area contributed by atoms with Crippen LogP contribution in [0.2, 0.25) is 0 Å². The first kappa shape index (κ1) is 19.3. The minimum absolute atomic E-state index is 0.115. The summed E-state index contributed by atoms with van der Waals surface area (Å²) in [6.07, 6.45) is 2.05. The van der Waals surface area contributed by atoms with E-state index in [4.69, 9.17) is 0 Å². The maximum absolute atomic E-state index is 13.3. The molecule has 0 saturated heterocycles. The molecule has 2 aromatic carbocycles. The molecule has 3 nitrogen and oxygen atoms in total. The molecule has 0 saturated carbocycles. The molecule has 3 heteroatoms. The van der Waals surface area contributed by atoms with E-state index in [0.717, 1.165) is 35.2 Å². The molecule has 0 aliphatic carbocycles. The Balaban J connectivity index is 1.89. The minimum Gasteiger partial charge on any atom is -0.330 e. The lowest BCUT2D eigenvalue weighted by atomic mass is 9.93. The van der Waals surface area contributed by atoms with Crippen LogP contribution in [0.4, 0.5) is 0 Å². The molecule has 0 bridgehead atoms. The fraction of sp³-hybridized carbons (Fsp3) is 0.417. The Morgan fingerprint density at radius 3 is 2.19 bits per heavy atom. The van der Waals surface area contributed by atoms with Crippen molar-refractivity contribution in [2.75, 3.05) is 7.05 Å². The van der Waals surface area contributed by atoms with Crippen molar-refractivity contribution in [1.82, 2.24) is 4.90 Å². The highest BCUT2D eigenvalue weighted by Crippen LogP contribution is 2.27. The number of carbonyl (C=O) groups excluding carboxylic acids is 1. The van der Waals surface area contributed by atoms with Crippen LogP contribution in [-0.4, -0.2) is 23.6 Å². The Hall–Kier alpha value is -2.42. The number of aliphatic imine (C=N–C) groups is 1. The number of hydrogen-bond donors (Lipinski definition) is 0. The molecule has 0 radical (unpaired) electrons. The van der Waals surface area contributed by atoms with Crippen LogP contribution >= 0.6 is 0 Å². The molecule has 1 amide bonds. The second kappa shape index (κ2) is 8.08. The lowest BCUT2D eigenvalue weighted by molar-refractivity contribution is 0.0750. The van der Waals surface area contributed by atoms with E-state index in [1.807, 2.05) is 31.0 Å². The quantitative estimate of drug-likeness (QED) is 0.663. The summed E-state index contributed by atoms with van der Waals surface area (Å²) in [4.78, 5) is 19.8. The number of fused-ring (bicyclic) bond motifs is 1. The van der Waals surface area contributed by atoms with Gasteiger partial charge in [-0.05, 0) is 66.5 Å². The number of aryl methyl sites for hydroxylation is 2. The van der Waals surface area contributed by atoms with E-state index in [1.165, 1.54) is 16.7 Å². The van der Waals surface area contributed by atoms with E-state index in [1.54, 1.807) is 0 Å².